The molecule has 262 valence electrons. The van der Waals surface area contributed by atoms with Gasteiger partial charge >= 0.3 is 29.6 Å². The summed E-state index contributed by atoms with van der Waals surface area (Å²) in [5, 5.41) is 21.7. The number of carbonyl (C=O) groups is 1. The molecular formula is C37H43ClN3NaO7S. The van der Waals surface area contributed by atoms with Crippen molar-refractivity contribution < 1.29 is 63.3 Å². The van der Waals surface area contributed by atoms with Crippen LogP contribution in [0.1, 0.15) is 72.5 Å². The van der Waals surface area contributed by atoms with Crippen molar-refractivity contribution in [3.05, 3.63) is 94.5 Å². The number of rotatable bonds is 13. The third kappa shape index (κ3) is 10.1. The van der Waals surface area contributed by atoms with Crippen molar-refractivity contribution in [2.24, 2.45) is 10.2 Å². The van der Waals surface area contributed by atoms with Crippen LogP contribution < -0.4 is 44.3 Å². The van der Waals surface area contributed by atoms with Gasteiger partial charge in [0.2, 0.25) is 0 Å². The summed E-state index contributed by atoms with van der Waals surface area (Å²) in [7, 11) is -4.30. The van der Waals surface area contributed by atoms with Crippen molar-refractivity contribution in [2.75, 3.05) is 11.9 Å². The molecule has 0 atom stereocenters. The number of amides is 1. The molecule has 0 saturated heterocycles. The van der Waals surface area contributed by atoms with Gasteiger partial charge in [0.25, 0.3) is 16.0 Å². The number of phenols is 1. The summed E-state index contributed by atoms with van der Waals surface area (Å²) in [5.41, 5.74) is 3.47. The molecule has 0 aromatic heterocycles. The number of anilines is 1. The Bertz CT molecular complexity index is 1970. The van der Waals surface area contributed by atoms with E-state index in [9.17, 15) is 18.3 Å². The van der Waals surface area contributed by atoms with E-state index in [1.54, 1.807) is 31.2 Å². The van der Waals surface area contributed by atoms with Crippen molar-refractivity contribution in [1.29, 1.82) is 0 Å². The number of ether oxygens (including phenoxy) is 2. The summed E-state index contributed by atoms with van der Waals surface area (Å²) < 4.78 is 43.6. The number of aromatic hydroxyl groups is 1. The third-order valence-electron chi connectivity index (χ3n) is 8.81. The van der Waals surface area contributed by atoms with E-state index in [0.717, 1.165) is 18.4 Å². The predicted octanol–water partition coefficient (Wildman–Crippen LogP) is 7.32. The Labute approximate surface area is 322 Å². The Morgan fingerprint density at radius 2 is 1.44 bits per heavy atom. The van der Waals surface area contributed by atoms with Crippen LogP contribution in [-0.2, 0) is 25.7 Å². The number of azo groups is 1. The van der Waals surface area contributed by atoms with Crippen LogP contribution in [0.5, 0.6) is 23.0 Å². The fourth-order valence-electron chi connectivity index (χ4n) is 4.75. The summed E-state index contributed by atoms with van der Waals surface area (Å²) in [5.74, 6) is 0.600. The number of phenolic OH excluding ortho intramolecular Hbond substituents is 1. The molecule has 4 rings (SSSR count). The molecule has 4 aromatic carbocycles. The van der Waals surface area contributed by atoms with Gasteiger partial charge in [0, 0.05) is 17.2 Å². The third-order valence-corrected chi connectivity index (χ3v) is 10.1. The van der Waals surface area contributed by atoms with Crippen LogP contribution in [-0.4, -0.2) is 30.6 Å². The van der Waals surface area contributed by atoms with Crippen LogP contribution in [0.15, 0.2) is 87.9 Å². The van der Waals surface area contributed by atoms with E-state index in [2.05, 4.69) is 63.2 Å². The minimum Gasteiger partial charge on any atom is -1.00 e. The molecule has 0 bridgehead atoms. The maximum absolute atomic E-state index is 13.1. The average molecular weight is 732 g/mol. The molecule has 3 N–H and O–H groups in total. The topological polar surface area (TPSA) is 147 Å². The first-order valence-electron chi connectivity index (χ1n) is 15.8. The first kappa shape index (κ1) is 41.0. The van der Waals surface area contributed by atoms with E-state index < -0.39 is 16.0 Å². The van der Waals surface area contributed by atoms with Gasteiger partial charge in [-0.2, -0.15) is 18.6 Å². The molecule has 50 heavy (non-hydrogen) atoms. The summed E-state index contributed by atoms with van der Waals surface area (Å²) in [6.07, 6.45) is 1.86. The molecule has 0 fully saturated rings. The maximum Gasteiger partial charge on any atom is 1.00 e. The second-order valence-corrected chi connectivity index (χ2v) is 14.8. The average Bonchev–Trinajstić information content (AvgIpc) is 3.07. The molecule has 0 saturated carbocycles. The first-order chi connectivity index (χ1) is 22.9. The van der Waals surface area contributed by atoms with Crippen molar-refractivity contribution >= 4 is 44.7 Å². The van der Waals surface area contributed by atoms with Crippen LogP contribution in [0.25, 0.3) is 0 Å². The standard InChI is InChI=1S/C37H42ClN3O7S.Na.H/c1-8-36(4,5)24-10-19-31(29(20-24)37(6,7)9-2)47-22-33(42)39-30-21-32(23(3)34(38)35(30)43)48-27-15-11-25(12-16-27)40-41-26-13-17-28(18-14-26)49(44,45)46;;/h10-21,43H,8-9,22H2,1-7H3,(H,39,42)(H,44,45,46);;/q;+1;-1. The number of benzene rings is 4. The summed E-state index contributed by atoms with van der Waals surface area (Å²) in [6.45, 7) is 14.4. The largest absolute Gasteiger partial charge is 1.00 e. The van der Waals surface area contributed by atoms with Crippen molar-refractivity contribution in [2.45, 2.75) is 77.0 Å². The second kappa shape index (κ2) is 16.7. The van der Waals surface area contributed by atoms with E-state index in [-0.39, 0.29) is 69.8 Å². The smallest absolute Gasteiger partial charge is 1.00 e. The second-order valence-electron chi connectivity index (χ2n) is 13.0. The Balaban J connectivity index is 0.00000451. The number of carbonyl (C=O) groups excluding carboxylic acids is 1. The summed E-state index contributed by atoms with van der Waals surface area (Å²) in [6, 6.07) is 19.6. The molecule has 0 aliphatic rings. The zero-order chi connectivity index (χ0) is 36.1. The normalized spacial score (nSPS) is 12.0. The van der Waals surface area contributed by atoms with Gasteiger partial charge in [-0.3, -0.25) is 9.35 Å². The van der Waals surface area contributed by atoms with Crippen molar-refractivity contribution in [3.63, 3.8) is 0 Å². The monoisotopic (exact) mass is 731 g/mol. The molecule has 0 spiro atoms. The van der Waals surface area contributed by atoms with Crippen molar-refractivity contribution in [1.82, 2.24) is 0 Å². The molecule has 0 radical (unpaired) electrons. The molecular weight excluding hydrogens is 689 g/mol. The van der Waals surface area contributed by atoms with Gasteiger partial charge in [-0.25, -0.2) is 0 Å². The van der Waals surface area contributed by atoms with Gasteiger partial charge in [-0.15, -0.1) is 0 Å². The predicted molar refractivity (Wildman–Crippen MR) is 193 cm³/mol. The van der Waals surface area contributed by atoms with Gasteiger partial charge in [0.05, 0.1) is 27.0 Å². The van der Waals surface area contributed by atoms with Crippen LogP contribution in [0.2, 0.25) is 5.02 Å². The SMILES string of the molecule is CCC(C)(C)c1ccc(OCC(=O)Nc2cc(Oc3ccc(N=Nc4ccc(S(=O)(=O)O)cc4)cc3)c(C)c(Cl)c2O)c(C(C)(C)CC)c1.[H-].[Na+]. The minimum atomic E-state index is -4.30. The van der Waals surface area contributed by atoms with E-state index in [4.69, 9.17) is 25.6 Å². The number of nitrogens with zero attached hydrogens (tertiary/aromatic N) is 2. The molecule has 1 amide bonds. The molecule has 0 heterocycles. The van der Waals surface area contributed by atoms with Gasteiger partial charge in [-0.05, 0) is 90.8 Å². The Hall–Kier alpha value is -3.45. The quantitative estimate of drug-likeness (QED) is 0.0565. The Kier molecular flexibility index (Phi) is 13.7. The number of hydrogen-bond acceptors (Lipinski definition) is 8. The van der Waals surface area contributed by atoms with Gasteiger partial charge in [0.1, 0.15) is 17.2 Å². The summed E-state index contributed by atoms with van der Waals surface area (Å²) in [4.78, 5) is 12.8. The molecule has 0 aliphatic heterocycles. The number of nitrogens with one attached hydrogen (secondary N) is 1. The first-order valence-corrected chi connectivity index (χ1v) is 17.6. The minimum absolute atomic E-state index is 0. The maximum atomic E-state index is 13.1. The van der Waals surface area contributed by atoms with Gasteiger partial charge in [0.15, 0.2) is 12.4 Å². The molecule has 10 nitrogen and oxygen atoms in total. The Morgan fingerprint density at radius 1 is 0.880 bits per heavy atom. The zero-order valence-electron chi connectivity index (χ0n) is 30.7. The molecule has 13 heteroatoms. The molecule has 0 aliphatic carbocycles. The Morgan fingerprint density at radius 3 is 1.98 bits per heavy atom. The molecule has 4 aromatic rings. The van der Waals surface area contributed by atoms with Crippen LogP contribution in [0.3, 0.4) is 0 Å². The van der Waals surface area contributed by atoms with Gasteiger partial charge in [-0.1, -0.05) is 65.3 Å². The van der Waals surface area contributed by atoms with Crippen LogP contribution >= 0.6 is 11.6 Å². The van der Waals surface area contributed by atoms with Crippen molar-refractivity contribution in [3.8, 4) is 23.0 Å². The van der Waals surface area contributed by atoms with E-state index in [1.807, 2.05) is 12.1 Å². The van der Waals surface area contributed by atoms with E-state index in [1.165, 1.54) is 35.9 Å². The number of hydrogen-bond donors (Lipinski definition) is 3. The van der Waals surface area contributed by atoms with Crippen LogP contribution in [0, 0.1) is 6.92 Å². The van der Waals surface area contributed by atoms with Crippen LogP contribution in [0.4, 0.5) is 17.1 Å². The fraction of sp³-hybridized carbons (Fsp3) is 0.324. The van der Waals surface area contributed by atoms with E-state index >= 15 is 0 Å². The summed E-state index contributed by atoms with van der Waals surface area (Å²) >= 11 is 6.43. The zero-order valence-corrected chi connectivity index (χ0v) is 33.2. The molecule has 0 unspecified atom stereocenters. The van der Waals surface area contributed by atoms with Gasteiger partial charge < -0.3 is 21.3 Å². The number of halogens is 1. The fourth-order valence-corrected chi connectivity index (χ4v) is 5.43. The van der Waals surface area contributed by atoms with E-state index in [0.29, 0.717) is 34.2 Å².